The van der Waals surface area contributed by atoms with Gasteiger partial charge in [-0.2, -0.15) is 0 Å². The summed E-state index contributed by atoms with van der Waals surface area (Å²) in [6.45, 7) is 3.80. The molecule has 0 aliphatic carbocycles. The van der Waals surface area contributed by atoms with Crippen molar-refractivity contribution in [1.82, 2.24) is 25.8 Å². The molecule has 2 atom stereocenters. The number of hydrogen-bond donors (Lipinski definition) is 5. The van der Waals surface area contributed by atoms with Gasteiger partial charge in [-0.15, -0.1) is 0 Å². The van der Waals surface area contributed by atoms with Crippen LogP contribution in [0.15, 0.2) is 103 Å². The minimum Gasteiger partial charge on any atom is -0.384 e. The summed E-state index contributed by atoms with van der Waals surface area (Å²) in [6.07, 6.45) is 0.125. The molecule has 1 saturated heterocycles. The Hall–Kier alpha value is -5.70. The van der Waals surface area contributed by atoms with Gasteiger partial charge in [0, 0.05) is 69.6 Å². The van der Waals surface area contributed by atoms with E-state index in [0.29, 0.717) is 37.3 Å². The molecule has 0 unspecified atom stereocenters. The zero-order chi connectivity index (χ0) is 41.8. The zero-order valence-corrected chi connectivity index (χ0v) is 34.0. The maximum Gasteiger partial charge on any atom is 0.234 e. The third kappa shape index (κ3) is 13.4. The number of fused-ring (bicyclic) bond motifs is 13. The van der Waals surface area contributed by atoms with E-state index in [0.717, 1.165) is 27.8 Å². The summed E-state index contributed by atoms with van der Waals surface area (Å²) in [5.41, 5.74) is 10.8. The molecule has 3 aliphatic rings. The number of nitrogens with one attached hydrogen (secondary N) is 4. The number of sulfone groups is 1. The van der Waals surface area contributed by atoms with Gasteiger partial charge in [0.25, 0.3) is 0 Å². The van der Waals surface area contributed by atoms with Crippen LogP contribution in [-0.4, -0.2) is 92.6 Å². The van der Waals surface area contributed by atoms with Crippen molar-refractivity contribution in [2.75, 3.05) is 45.0 Å². The van der Waals surface area contributed by atoms with Crippen LogP contribution in [0.4, 0.5) is 0 Å². The third-order valence-electron chi connectivity index (χ3n) is 10.8. The van der Waals surface area contributed by atoms with E-state index >= 15 is 0 Å². The molecule has 4 aromatic carbocycles. The average molecular weight is 820 g/mol. The Balaban J connectivity index is 1.29. The Morgan fingerprint density at radius 1 is 0.695 bits per heavy atom. The lowest BCUT2D eigenvalue weighted by molar-refractivity contribution is -0.130. The SMILES string of the molecule is N=C(N)c1ccc(CNC(=O)[C@H]2CC(=O)[C@H](CS(=O)(=O)Cc3ccccc3)Cc3cccc(c3)CNC(=O)CN3CCN(CC3)CC(=O)NCc3cccc(c3)C2)cc1. The first-order chi connectivity index (χ1) is 28.4. The second-order valence-corrected chi connectivity index (χ2v) is 17.7. The van der Waals surface area contributed by atoms with Crippen LogP contribution in [0.2, 0.25) is 0 Å². The number of ketones is 1. The maximum absolute atomic E-state index is 14.5. The van der Waals surface area contributed by atoms with Crippen LogP contribution in [0.3, 0.4) is 0 Å². The fourth-order valence-corrected chi connectivity index (χ4v) is 9.32. The van der Waals surface area contributed by atoms with Crippen LogP contribution in [0.25, 0.3) is 0 Å². The first-order valence-electron chi connectivity index (χ1n) is 20.0. The molecule has 1 fully saturated rings. The molecule has 310 valence electrons. The molecule has 0 radical (unpaired) electrons. The molecule has 4 aromatic rings. The number of nitrogens with zero attached hydrogens (tertiary/aromatic N) is 2. The molecule has 0 aromatic heterocycles. The van der Waals surface area contributed by atoms with Crippen molar-refractivity contribution in [1.29, 1.82) is 5.41 Å². The number of nitrogen functional groups attached to an aromatic ring is 1. The first kappa shape index (κ1) is 42.9. The Kier molecular flexibility index (Phi) is 14.8. The van der Waals surface area contributed by atoms with Crippen LogP contribution in [0.1, 0.15) is 45.4 Å². The van der Waals surface area contributed by atoms with Crippen molar-refractivity contribution in [2.24, 2.45) is 17.6 Å². The Labute approximate surface area is 346 Å². The van der Waals surface area contributed by atoms with E-state index in [-0.39, 0.29) is 87.1 Å². The van der Waals surface area contributed by atoms with Gasteiger partial charge in [0.05, 0.1) is 24.6 Å². The average Bonchev–Trinajstić information content (AvgIpc) is 3.22. The number of nitrogens with two attached hydrogens (primary N) is 1. The molecule has 13 nitrogen and oxygen atoms in total. The van der Waals surface area contributed by atoms with Gasteiger partial charge in [-0.3, -0.25) is 34.4 Å². The molecular weight excluding hydrogens is 767 g/mol. The Morgan fingerprint density at radius 2 is 1.24 bits per heavy atom. The molecule has 6 N–H and O–H groups in total. The van der Waals surface area contributed by atoms with Crippen molar-refractivity contribution in [3.05, 3.63) is 142 Å². The highest BCUT2D eigenvalue weighted by molar-refractivity contribution is 7.90. The first-order valence-corrected chi connectivity index (χ1v) is 21.8. The van der Waals surface area contributed by atoms with E-state index in [9.17, 15) is 27.6 Å². The van der Waals surface area contributed by atoms with Gasteiger partial charge in [0.1, 0.15) is 11.6 Å². The summed E-state index contributed by atoms with van der Waals surface area (Å²) < 4.78 is 27.5. The van der Waals surface area contributed by atoms with Crippen molar-refractivity contribution in [3.8, 4) is 0 Å². The molecular formula is C45H53N7O6S. The van der Waals surface area contributed by atoms with Crippen LogP contribution in [-0.2, 0) is 67.2 Å². The fourth-order valence-electron chi connectivity index (χ4n) is 7.59. The van der Waals surface area contributed by atoms with Gasteiger partial charge in [0.2, 0.25) is 17.7 Å². The van der Waals surface area contributed by atoms with E-state index in [1.165, 1.54) is 0 Å². The summed E-state index contributed by atoms with van der Waals surface area (Å²) in [7, 11) is -3.78. The minimum atomic E-state index is -3.78. The lowest BCUT2D eigenvalue weighted by Gasteiger charge is -2.33. The van der Waals surface area contributed by atoms with Crippen LogP contribution < -0.4 is 21.7 Å². The van der Waals surface area contributed by atoms with Crippen molar-refractivity contribution in [2.45, 2.75) is 44.6 Å². The molecule has 59 heavy (non-hydrogen) atoms. The van der Waals surface area contributed by atoms with Gasteiger partial charge in [-0.05, 0) is 46.2 Å². The molecule has 0 saturated carbocycles. The standard InChI is InChI=1S/C45H53N7O6S/c46-44(47)38-14-12-32(13-15-38)25-50-45(56)39-22-34-8-4-10-36(20-34)26-48-42(54)28-51-16-18-52(19-17-51)29-43(55)49-27-37-11-5-9-35(21-37)23-40(41(53)24-39)31-59(57,58)30-33-6-2-1-3-7-33/h1-15,20-21,39-40H,16-19,22-31H2,(H3,46,47)(H,48,54)(H,49,55)(H,50,56)/t39-,40+/m1/s1. The lowest BCUT2D eigenvalue weighted by Crippen LogP contribution is -2.51. The number of carbonyl (C=O) groups is 4. The number of benzene rings is 4. The summed E-state index contributed by atoms with van der Waals surface area (Å²) in [4.78, 5) is 58.7. The quantitative estimate of drug-likeness (QED) is 0.131. The number of Topliss-reactive ketones (excluding diaryl/α,β-unsaturated/α-hetero) is 1. The lowest BCUT2D eigenvalue weighted by atomic mass is 9.86. The Bertz CT molecular complexity index is 2220. The number of amides is 3. The molecule has 14 heteroatoms. The van der Waals surface area contributed by atoms with Crippen LogP contribution in [0.5, 0.6) is 0 Å². The van der Waals surface area contributed by atoms with Crippen molar-refractivity contribution < 1.29 is 27.6 Å². The summed E-state index contributed by atoms with van der Waals surface area (Å²) in [5.74, 6) is -3.44. The van der Waals surface area contributed by atoms with Crippen molar-refractivity contribution in [3.63, 3.8) is 0 Å². The van der Waals surface area contributed by atoms with Gasteiger partial charge >= 0.3 is 0 Å². The van der Waals surface area contributed by atoms with E-state index < -0.39 is 27.4 Å². The summed E-state index contributed by atoms with van der Waals surface area (Å²) in [6, 6.07) is 30.8. The molecule has 3 heterocycles. The normalized spacial score (nSPS) is 21.1. The highest BCUT2D eigenvalue weighted by Crippen LogP contribution is 2.23. The van der Waals surface area contributed by atoms with E-state index in [4.69, 9.17) is 11.1 Å². The van der Waals surface area contributed by atoms with Crippen LogP contribution >= 0.6 is 0 Å². The highest BCUT2D eigenvalue weighted by atomic mass is 32.2. The zero-order valence-electron chi connectivity index (χ0n) is 33.2. The number of carbonyl (C=O) groups excluding carboxylic acids is 4. The number of hydrogen-bond acceptors (Lipinski definition) is 9. The number of rotatable bonds is 8. The molecule has 7 rings (SSSR count). The Morgan fingerprint density at radius 3 is 1.80 bits per heavy atom. The third-order valence-corrected chi connectivity index (χ3v) is 12.5. The molecule has 6 bridgehead atoms. The maximum atomic E-state index is 14.5. The number of amidine groups is 1. The van der Waals surface area contributed by atoms with E-state index in [1.807, 2.05) is 54.6 Å². The van der Waals surface area contributed by atoms with E-state index in [1.54, 1.807) is 48.5 Å². The summed E-state index contributed by atoms with van der Waals surface area (Å²) in [5, 5.41) is 16.6. The van der Waals surface area contributed by atoms with Gasteiger partial charge in [0.15, 0.2) is 9.84 Å². The van der Waals surface area contributed by atoms with Crippen LogP contribution in [0, 0.1) is 17.2 Å². The summed E-state index contributed by atoms with van der Waals surface area (Å²) >= 11 is 0. The molecule has 3 aliphatic heterocycles. The topological polar surface area (TPSA) is 195 Å². The highest BCUT2D eigenvalue weighted by Gasteiger charge is 2.31. The predicted molar refractivity (Wildman–Crippen MR) is 227 cm³/mol. The monoisotopic (exact) mass is 819 g/mol. The van der Waals surface area contributed by atoms with E-state index in [2.05, 4.69) is 25.8 Å². The van der Waals surface area contributed by atoms with Crippen molar-refractivity contribution >= 4 is 39.2 Å². The molecule has 3 amide bonds. The number of piperazine rings is 1. The minimum absolute atomic E-state index is 0.0668. The second-order valence-electron chi connectivity index (χ2n) is 15.6. The molecule has 0 spiro atoms. The van der Waals surface area contributed by atoms with Gasteiger partial charge in [-0.1, -0.05) is 103 Å². The predicted octanol–water partition coefficient (Wildman–Crippen LogP) is 2.74. The smallest absolute Gasteiger partial charge is 0.234 e. The van der Waals surface area contributed by atoms with Gasteiger partial charge < -0.3 is 21.7 Å². The second kappa shape index (κ2) is 20.3. The largest absolute Gasteiger partial charge is 0.384 e. The van der Waals surface area contributed by atoms with Gasteiger partial charge in [-0.25, -0.2) is 8.42 Å². The fraction of sp³-hybridized carbons (Fsp3) is 0.356.